The normalized spacial score (nSPS) is 16.9. The van der Waals surface area contributed by atoms with Gasteiger partial charge in [-0.2, -0.15) is 5.10 Å². The van der Waals surface area contributed by atoms with Crippen molar-refractivity contribution in [1.82, 2.24) is 20.1 Å². The van der Waals surface area contributed by atoms with Crippen LogP contribution in [0.2, 0.25) is 0 Å². The summed E-state index contributed by atoms with van der Waals surface area (Å²) in [5.41, 5.74) is 1.13. The van der Waals surface area contributed by atoms with E-state index in [1.54, 1.807) is 0 Å². The van der Waals surface area contributed by atoms with E-state index < -0.39 is 0 Å². The molecule has 4 heteroatoms. The lowest BCUT2D eigenvalue weighted by molar-refractivity contribution is 0.443. The number of piperidine rings is 1. The quantitative estimate of drug-likeness (QED) is 0.875. The van der Waals surface area contributed by atoms with Crippen LogP contribution in [0, 0.1) is 0 Å². The average molecular weight is 242 g/mol. The van der Waals surface area contributed by atoms with Crippen LogP contribution in [0.15, 0.2) is 30.3 Å². The van der Waals surface area contributed by atoms with Crippen molar-refractivity contribution in [2.75, 3.05) is 13.1 Å². The van der Waals surface area contributed by atoms with Crippen LogP contribution in [0.5, 0.6) is 0 Å². The van der Waals surface area contributed by atoms with Gasteiger partial charge in [-0.15, -0.1) is 0 Å². The Kier molecular flexibility index (Phi) is 3.11. The summed E-state index contributed by atoms with van der Waals surface area (Å²) < 4.78 is 1.90. The van der Waals surface area contributed by atoms with Gasteiger partial charge in [0.15, 0.2) is 11.6 Å². The maximum absolute atomic E-state index is 4.73. The van der Waals surface area contributed by atoms with E-state index >= 15 is 0 Å². The second kappa shape index (κ2) is 4.90. The van der Waals surface area contributed by atoms with E-state index in [2.05, 4.69) is 22.5 Å². The monoisotopic (exact) mass is 242 g/mol. The third-order valence-corrected chi connectivity index (χ3v) is 3.52. The fourth-order valence-electron chi connectivity index (χ4n) is 2.50. The molecule has 2 aromatic rings. The van der Waals surface area contributed by atoms with Crippen LogP contribution in [0.1, 0.15) is 24.6 Å². The molecule has 0 radical (unpaired) electrons. The lowest BCUT2D eigenvalue weighted by atomic mass is 9.98. The van der Waals surface area contributed by atoms with Gasteiger partial charge in [-0.3, -0.25) is 0 Å². The number of nitrogens with one attached hydrogen (secondary N) is 1. The van der Waals surface area contributed by atoms with Crippen LogP contribution in [0.3, 0.4) is 0 Å². The van der Waals surface area contributed by atoms with Gasteiger partial charge in [0.1, 0.15) is 0 Å². The molecule has 0 atom stereocenters. The molecule has 1 N–H and O–H groups in total. The Bertz CT molecular complexity index is 512. The maximum atomic E-state index is 4.73. The molecule has 4 nitrogen and oxygen atoms in total. The Morgan fingerprint density at radius 2 is 1.89 bits per heavy atom. The highest BCUT2D eigenvalue weighted by Gasteiger charge is 2.20. The second-order valence-corrected chi connectivity index (χ2v) is 4.81. The molecule has 0 bridgehead atoms. The largest absolute Gasteiger partial charge is 0.317 e. The lowest BCUT2D eigenvalue weighted by Gasteiger charge is -2.19. The summed E-state index contributed by atoms with van der Waals surface area (Å²) in [5, 5.41) is 7.96. The van der Waals surface area contributed by atoms with Crippen LogP contribution < -0.4 is 5.32 Å². The summed E-state index contributed by atoms with van der Waals surface area (Å²) >= 11 is 0. The minimum absolute atomic E-state index is 0.509. The maximum Gasteiger partial charge on any atom is 0.158 e. The number of aryl methyl sites for hydroxylation is 1. The zero-order valence-corrected chi connectivity index (χ0v) is 10.6. The molecule has 3 rings (SSSR count). The predicted molar refractivity (Wildman–Crippen MR) is 71.3 cm³/mol. The summed E-state index contributed by atoms with van der Waals surface area (Å²) in [6.07, 6.45) is 2.27. The smallest absolute Gasteiger partial charge is 0.158 e. The molecule has 0 unspecified atom stereocenters. The molecule has 1 aromatic carbocycles. The first kappa shape index (κ1) is 11.4. The number of hydrogen-bond acceptors (Lipinski definition) is 3. The van der Waals surface area contributed by atoms with E-state index in [9.17, 15) is 0 Å². The van der Waals surface area contributed by atoms with Crippen molar-refractivity contribution < 1.29 is 0 Å². The van der Waals surface area contributed by atoms with Crippen molar-refractivity contribution in [2.24, 2.45) is 7.05 Å². The Labute approximate surface area is 107 Å². The van der Waals surface area contributed by atoms with Crippen LogP contribution in [0.4, 0.5) is 0 Å². The highest BCUT2D eigenvalue weighted by molar-refractivity contribution is 5.54. The first-order chi connectivity index (χ1) is 8.84. The number of nitrogens with zero attached hydrogens (tertiary/aromatic N) is 3. The minimum Gasteiger partial charge on any atom is -0.317 e. The average Bonchev–Trinajstić information content (AvgIpc) is 2.83. The predicted octanol–water partition coefficient (Wildman–Crippen LogP) is 1.95. The zero-order valence-electron chi connectivity index (χ0n) is 10.6. The fraction of sp³-hybridized carbons (Fsp3) is 0.429. The van der Waals surface area contributed by atoms with E-state index in [0.717, 1.165) is 43.1 Å². The first-order valence-electron chi connectivity index (χ1n) is 6.51. The first-order valence-corrected chi connectivity index (χ1v) is 6.51. The standard InChI is InChI=1S/C14H18N4/c1-18-14(12-5-3-2-4-6-12)16-13(17-18)11-7-9-15-10-8-11/h2-6,11,15H,7-10H2,1H3. The molecular formula is C14H18N4. The molecule has 0 saturated carbocycles. The van der Waals surface area contributed by atoms with Crippen molar-refractivity contribution in [2.45, 2.75) is 18.8 Å². The zero-order chi connectivity index (χ0) is 12.4. The molecule has 0 spiro atoms. The molecule has 0 aliphatic carbocycles. The number of aromatic nitrogens is 3. The summed E-state index contributed by atoms with van der Waals surface area (Å²) in [6.45, 7) is 2.15. The Hall–Kier alpha value is -1.68. The van der Waals surface area contributed by atoms with Gasteiger partial charge in [-0.1, -0.05) is 30.3 Å². The molecule has 2 heterocycles. The topological polar surface area (TPSA) is 42.7 Å². The van der Waals surface area contributed by atoms with Gasteiger partial charge >= 0.3 is 0 Å². The van der Waals surface area contributed by atoms with E-state index in [4.69, 9.17) is 4.98 Å². The second-order valence-electron chi connectivity index (χ2n) is 4.81. The van der Waals surface area contributed by atoms with E-state index in [0.29, 0.717) is 5.92 Å². The highest BCUT2D eigenvalue weighted by atomic mass is 15.3. The van der Waals surface area contributed by atoms with E-state index in [-0.39, 0.29) is 0 Å². The highest BCUT2D eigenvalue weighted by Crippen LogP contribution is 2.25. The molecule has 94 valence electrons. The molecule has 1 fully saturated rings. The van der Waals surface area contributed by atoms with Gasteiger partial charge in [-0.05, 0) is 25.9 Å². The van der Waals surface area contributed by atoms with Crippen molar-refractivity contribution in [3.63, 3.8) is 0 Å². The molecule has 18 heavy (non-hydrogen) atoms. The molecule has 1 aromatic heterocycles. The van der Waals surface area contributed by atoms with Crippen molar-refractivity contribution >= 4 is 0 Å². The Balaban J connectivity index is 1.91. The summed E-state index contributed by atoms with van der Waals surface area (Å²) in [7, 11) is 1.97. The number of rotatable bonds is 2. The minimum atomic E-state index is 0.509. The van der Waals surface area contributed by atoms with Crippen LogP contribution in [-0.4, -0.2) is 27.9 Å². The van der Waals surface area contributed by atoms with Gasteiger partial charge in [0.05, 0.1) is 0 Å². The van der Waals surface area contributed by atoms with Crippen LogP contribution in [-0.2, 0) is 7.05 Å². The third-order valence-electron chi connectivity index (χ3n) is 3.52. The van der Waals surface area contributed by atoms with Gasteiger partial charge in [0.25, 0.3) is 0 Å². The van der Waals surface area contributed by atoms with Crippen molar-refractivity contribution in [3.8, 4) is 11.4 Å². The van der Waals surface area contributed by atoms with Gasteiger partial charge in [0.2, 0.25) is 0 Å². The number of benzene rings is 1. The van der Waals surface area contributed by atoms with Crippen LogP contribution >= 0.6 is 0 Å². The molecule has 1 aliphatic heterocycles. The number of hydrogen-bond donors (Lipinski definition) is 1. The third kappa shape index (κ3) is 2.16. The molecule has 1 aliphatic rings. The van der Waals surface area contributed by atoms with Gasteiger partial charge in [-0.25, -0.2) is 9.67 Å². The Morgan fingerprint density at radius 1 is 1.17 bits per heavy atom. The molecular weight excluding hydrogens is 224 g/mol. The SMILES string of the molecule is Cn1nc(C2CCNCC2)nc1-c1ccccc1. The van der Waals surface area contributed by atoms with E-state index in [1.165, 1.54) is 0 Å². The Morgan fingerprint density at radius 3 is 2.61 bits per heavy atom. The molecule has 1 saturated heterocycles. The summed E-state index contributed by atoms with van der Waals surface area (Å²) in [5.74, 6) is 2.47. The van der Waals surface area contributed by atoms with Crippen LogP contribution in [0.25, 0.3) is 11.4 Å². The summed E-state index contributed by atoms with van der Waals surface area (Å²) in [4.78, 5) is 4.73. The van der Waals surface area contributed by atoms with Gasteiger partial charge in [0, 0.05) is 18.5 Å². The molecule has 0 amide bonds. The fourth-order valence-corrected chi connectivity index (χ4v) is 2.50. The summed E-state index contributed by atoms with van der Waals surface area (Å²) in [6, 6.07) is 10.3. The van der Waals surface area contributed by atoms with Crippen molar-refractivity contribution in [1.29, 1.82) is 0 Å². The van der Waals surface area contributed by atoms with Crippen molar-refractivity contribution in [3.05, 3.63) is 36.2 Å². The lowest BCUT2D eigenvalue weighted by Crippen LogP contribution is -2.27. The van der Waals surface area contributed by atoms with E-state index in [1.807, 2.05) is 29.9 Å². The van der Waals surface area contributed by atoms with Gasteiger partial charge < -0.3 is 5.32 Å².